The van der Waals surface area contributed by atoms with Gasteiger partial charge in [0.05, 0.1) is 23.2 Å². The lowest BCUT2D eigenvalue weighted by Crippen LogP contribution is -2.20. The number of carbonyl (C=O) groups excluding carboxylic acids is 1. The second-order valence-corrected chi connectivity index (χ2v) is 4.56. The van der Waals surface area contributed by atoms with Gasteiger partial charge in [-0.05, 0) is 18.9 Å². The molecular weight excluding hydrogens is 260 g/mol. The van der Waals surface area contributed by atoms with E-state index >= 15 is 0 Å². The fraction of sp³-hybridized carbons (Fsp3) is 0.429. The zero-order valence-electron chi connectivity index (χ0n) is 11.6. The number of carbonyl (C=O) groups is 1. The summed E-state index contributed by atoms with van der Waals surface area (Å²) in [6, 6.07) is 6.09. The number of hydrogen-bond donors (Lipinski definition) is 0. The van der Waals surface area contributed by atoms with Crippen LogP contribution >= 0.6 is 0 Å². The van der Waals surface area contributed by atoms with Gasteiger partial charge in [-0.15, -0.1) is 0 Å². The Labute approximate surface area is 117 Å². The Morgan fingerprint density at radius 3 is 2.60 bits per heavy atom. The van der Waals surface area contributed by atoms with Gasteiger partial charge in [0, 0.05) is 6.07 Å². The number of ketones is 1. The number of nitriles is 1. The summed E-state index contributed by atoms with van der Waals surface area (Å²) in [5.74, 6) is -1.54. The van der Waals surface area contributed by atoms with Gasteiger partial charge in [0.15, 0.2) is 5.78 Å². The molecule has 0 aliphatic rings. The van der Waals surface area contributed by atoms with Gasteiger partial charge in [0.1, 0.15) is 5.92 Å². The molecule has 1 atom stereocenters. The van der Waals surface area contributed by atoms with E-state index in [1.54, 1.807) is 20.8 Å². The normalized spacial score (nSPS) is 11.8. The average Bonchev–Trinajstić information content (AvgIpc) is 2.39. The van der Waals surface area contributed by atoms with E-state index in [-0.39, 0.29) is 29.5 Å². The van der Waals surface area contributed by atoms with Gasteiger partial charge in [0.25, 0.3) is 0 Å². The Bertz CT molecular complexity index is 561. The number of para-hydroxylation sites is 1. The van der Waals surface area contributed by atoms with E-state index in [9.17, 15) is 14.9 Å². The van der Waals surface area contributed by atoms with E-state index < -0.39 is 16.6 Å². The number of nitrogens with zero attached hydrogens (tertiary/aromatic N) is 2. The van der Waals surface area contributed by atoms with Gasteiger partial charge < -0.3 is 4.74 Å². The zero-order chi connectivity index (χ0) is 15.3. The molecule has 0 radical (unpaired) electrons. The van der Waals surface area contributed by atoms with E-state index in [0.717, 1.165) is 0 Å². The largest absolute Gasteiger partial charge is 0.487 e. The van der Waals surface area contributed by atoms with Crippen molar-refractivity contribution in [2.24, 2.45) is 11.8 Å². The van der Waals surface area contributed by atoms with E-state index in [1.165, 1.54) is 18.2 Å². The third-order valence-corrected chi connectivity index (χ3v) is 2.83. The van der Waals surface area contributed by atoms with Crippen molar-refractivity contribution >= 4 is 11.5 Å². The van der Waals surface area contributed by atoms with Crippen LogP contribution in [0.25, 0.3) is 0 Å². The van der Waals surface area contributed by atoms with Crippen LogP contribution in [0.3, 0.4) is 0 Å². The summed E-state index contributed by atoms with van der Waals surface area (Å²) in [7, 11) is 0. The number of ether oxygens (including phenoxy) is 1. The Balaban J connectivity index is 3.37. The maximum absolute atomic E-state index is 12.4. The van der Waals surface area contributed by atoms with Crippen LogP contribution in [0.1, 0.15) is 31.1 Å². The SMILES string of the molecule is CCOc1c(C(=O)C(C#N)C(C)C)cccc1[N+](=O)[O-]. The van der Waals surface area contributed by atoms with Gasteiger partial charge in [-0.3, -0.25) is 14.9 Å². The highest BCUT2D eigenvalue weighted by Gasteiger charge is 2.29. The summed E-state index contributed by atoms with van der Waals surface area (Å²) in [6.45, 7) is 5.38. The molecule has 106 valence electrons. The van der Waals surface area contributed by atoms with E-state index in [1.807, 2.05) is 6.07 Å². The quantitative estimate of drug-likeness (QED) is 0.452. The van der Waals surface area contributed by atoms with Crippen molar-refractivity contribution in [1.29, 1.82) is 5.26 Å². The maximum atomic E-state index is 12.4. The Hall–Kier alpha value is -2.42. The molecule has 6 heteroatoms. The van der Waals surface area contributed by atoms with Gasteiger partial charge in [-0.2, -0.15) is 5.26 Å². The topological polar surface area (TPSA) is 93.2 Å². The Kier molecular flexibility index (Phi) is 5.21. The molecule has 0 saturated carbocycles. The van der Waals surface area contributed by atoms with E-state index in [0.29, 0.717) is 0 Å². The second-order valence-electron chi connectivity index (χ2n) is 4.56. The number of rotatable bonds is 6. The summed E-state index contributed by atoms with van der Waals surface area (Å²) in [5, 5.41) is 20.1. The number of nitro benzene ring substituents is 1. The highest BCUT2D eigenvalue weighted by Crippen LogP contribution is 2.33. The summed E-state index contributed by atoms with van der Waals surface area (Å²) in [5.41, 5.74) is -0.181. The lowest BCUT2D eigenvalue weighted by atomic mass is 9.88. The van der Waals surface area contributed by atoms with Crippen molar-refractivity contribution in [3.8, 4) is 11.8 Å². The minimum Gasteiger partial charge on any atom is -0.487 e. The van der Waals surface area contributed by atoms with E-state index in [4.69, 9.17) is 10.00 Å². The molecule has 0 aliphatic heterocycles. The van der Waals surface area contributed by atoms with Crippen molar-refractivity contribution in [3.05, 3.63) is 33.9 Å². The fourth-order valence-corrected chi connectivity index (χ4v) is 1.84. The van der Waals surface area contributed by atoms with Crippen molar-refractivity contribution < 1.29 is 14.5 Å². The van der Waals surface area contributed by atoms with Gasteiger partial charge in [0.2, 0.25) is 5.75 Å². The lowest BCUT2D eigenvalue weighted by molar-refractivity contribution is -0.385. The zero-order valence-corrected chi connectivity index (χ0v) is 11.6. The Morgan fingerprint density at radius 2 is 2.15 bits per heavy atom. The van der Waals surface area contributed by atoms with Crippen LogP contribution in [0.5, 0.6) is 5.75 Å². The van der Waals surface area contributed by atoms with Gasteiger partial charge in [-0.1, -0.05) is 19.9 Å². The van der Waals surface area contributed by atoms with Crippen LogP contribution < -0.4 is 4.74 Å². The van der Waals surface area contributed by atoms with Gasteiger partial charge in [-0.25, -0.2) is 0 Å². The van der Waals surface area contributed by atoms with E-state index in [2.05, 4.69) is 0 Å². The first-order chi connectivity index (χ1) is 9.43. The Morgan fingerprint density at radius 1 is 1.50 bits per heavy atom. The lowest BCUT2D eigenvalue weighted by Gasteiger charge is -2.14. The molecule has 0 heterocycles. The van der Waals surface area contributed by atoms with Crippen molar-refractivity contribution in [2.45, 2.75) is 20.8 Å². The standard InChI is InChI=1S/C14H16N2O4/c1-4-20-14-10(6-5-7-12(14)16(18)19)13(17)11(8-15)9(2)3/h5-7,9,11H,4H2,1-3H3. The first-order valence-corrected chi connectivity index (χ1v) is 6.28. The van der Waals surface area contributed by atoms with Crippen LogP contribution in [0.4, 0.5) is 5.69 Å². The summed E-state index contributed by atoms with van der Waals surface area (Å²) < 4.78 is 5.25. The molecule has 0 saturated heterocycles. The second kappa shape index (κ2) is 6.66. The minimum atomic E-state index is -0.851. The van der Waals surface area contributed by atoms with Crippen LogP contribution in [0, 0.1) is 33.3 Å². The number of Topliss-reactive ketones (excluding diaryl/α,β-unsaturated/α-hetero) is 1. The summed E-state index contributed by atoms with van der Waals surface area (Å²) in [6.07, 6.45) is 0. The molecule has 1 rings (SSSR count). The molecule has 1 unspecified atom stereocenters. The monoisotopic (exact) mass is 276 g/mol. The fourth-order valence-electron chi connectivity index (χ4n) is 1.84. The number of hydrogen-bond acceptors (Lipinski definition) is 5. The van der Waals surface area contributed by atoms with Crippen LogP contribution in [-0.4, -0.2) is 17.3 Å². The van der Waals surface area contributed by atoms with Crippen LogP contribution in [0.2, 0.25) is 0 Å². The molecule has 1 aromatic carbocycles. The highest BCUT2D eigenvalue weighted by atomic mass is 16.6. The van der Waals surface area contributed by atoms with Gasteiger partial charge >= 0.3 is 5.69 Å². The molecule has 0 bridgehead atoms. The molecule has 6 nitrogen and oxygen atoms in total. The maximum Gasteiger partial charge on any atom is 0.311 e. The predicted molar refractivity (Wildman–Crippen MR) is 72.5 cm³/mol. The van der Waals surface area contributed by atoms with Crippen LogP contribution in [-0.2, 0) is 0 Å². The molecule has 0 amide bonds. The molecule has 0 fully saturated rings. The molecule has 1 aromatic rings. The first-order valence-electron chi connectivity index (χ1n) is 6.28. The number of benzene rings is 1. The third kappa shape index (κ3) is 3.12. The average molecular weight is 276 g/mol. The molecule has 0 N–H and O–H groups in total. The number of nitro groups is 1. The molecule has 0 spiro atoms. The smallest absolute Gasteiger partial charge is 0.311 e. The molecule has 20 heavy (non-hydrogen) atoms. The van der Waals surface area contributed by atoms with Crippen molar-refractivity contribution in [3.63, 3.8) is 0 Å². The summed E-state index contributed by atoms with van der Waals surface area (Å²) >= 11 is 0. The molecule has 0 aromatic heterocycles. The van der Waals surface area contributed by atoms with Crippen molar-refractivity contribution in [2.75, 3.05) is 6.61 Å². The highest BCUT2D eigenvalue weighted by molar-refractivity contribution is 6.02. The van der Waals surface area contributed by atoms with Crippen LogP contribution in [0.15, 0.2) is 18.2 Å². The summed E-state index contributed by atoms with van der Waals surface area (Å²) in [4.78, 5) is 22.8. The molecular formula is C14H16N2O4. The van der Waals surface area contributed by atoms with Crippen molar-refractivity contribution in [1.82, 2.24) is 0 Å². The minimum absolute atomic E-state index is 0.0640. The molecule has 0 aliphatic carbocycles. The third-order valence-electron chi connectivity index (χ3n) is 2.83. The predicted octanol–water partition coefficient (Wildman–Crippen LogP) is 2.97. The first kappa shape index (κ1) is 15.6.